The third kappa shape index (κ3) is 4.84. The normalized spacial score (nSPS) is 14.3. The van der Waals surface area contributed by atoms with Crippen molar-refractivity contribution in [1.29, 1.82) is 0 Å². The molecule has 1 fully saturated rings. The second-order valence-corrected chi connectivity index (χ2v) is 6.71. The van der Waals surface area contributed by atoms with Crippen LogP contribution < -0.4 is 22.1 Å². The van der Waals surface area contributed by atoms with Gasteiger partial charge in [0.25, 0.3) is 0 Å². The van der Waals surface area contributed by atoms with E-state index in [0.29, 0.717) is 18.9 Å². The van der Waals surface area contributed by atoms with Gasteiger partial charge in [-0.25, -0.2) is 4.98 Å². The standard InChI is InChI=1S/C19H26N6O/c20-17-15(12-24-19(21)25-17)11-23-16-7-5-13(6-8-16)9-10-22-18(26)14-3-1-2-4-14/h5-8,12,14,23H,1-4,9-11H2,(H,22,26)(H4,20,21,24,25). The molecule has 3 rings (SSSR count). The predicted octanol–water partition coefficient (Wildman–Crippen LogP) is 2.10. The molecule has 2 aromatic rings. The number of carbonyl (C=O) groups excluding carboxylic acids is 1. The summed E-state index contributed by atoms with van der Waals surface area (Å²) < 4.78 is 0. The van der Waals surface area contributed by atoms with Crippen LogP contribution in [0.2, 0.25) is 0 Å². The molecule has 0 spiro atoms. The first-order chi connectivity index (χ1) is 12.6. The van der Waals surface area contributed by atoms with Gasteiger partial charge < -0.3 is 22.1 Å². The first-order valence-corrected chi connectivity index (χ1v) is 9.09. The van der Waals surface area contributed by atoms with Crippen molar-refractivity contribution in [3.63, 3.8) is 0 Å². The van der Waals surface area contributed by atoms with Crippen molar-refractivity contribution in [1.82, 2.24) is 15.3 Å². The number of rotatable bonds is 7. The second kappa shape index (κ2) is 8.51. The van der Waals surface area contributed by atoms with Crippen LogP contribution in [0.3, 0.4) is 0 Å². The Hall–Kier alpha value is -2.83. The SMILES string of the molecule is Nc1ncc(CNc2ccc(CCNC(=O)C3CCCC3)cc2)c(N)n1. The molecule has 26 heavy (non-hydrogen) atoms. The molecule has 138 valence electrons. The molecule has 1 aliphatic rings. The van der Waals surface area contributed by atoms with E-state index >= 15 is 0 Å². The van der Waals surface area contributed by atoms with Crippen molar-refractivity contribution >= 4 is 23.4 Å². The molecule has 1 amide bonds. The van der Waals surface area contributed by atoms with E-state index in [4.69, 9.17) is 11.5 Å². The third-order valence-electron chi connectivity index (χ3n) is 4.79. The lowest BCUT2D eigenvalue weighted by Gasteiger charge is -2.11. The summed E-state index contributed by atoms with van der Waals surface area (Å²) in [7, 11) is 0. The minimum Gasteiger partial charge on any atom is -0.383 e. The van der Waals surface area contributed by atoms with Crippen molar-refractivity contribution in [3.8, 4) is 0 Å². The molecule has 0 saturated heterocycles. The lowest BCUT2D eigenvalue weighted by molar-refractivity contribution is -0.124. The zero-order valence-electron chi connectivity index (χ0n) is 14.9. The van der Waals surface area contributed by atoms with Gasteiger partial charge in [0.2, 0.25) is 11.9 Å². The van der Waals surface area contributed by atoms with Crippen LogP contribution in [-0.2, 0) is 17.8 Å². The van der Waals surface area contributed by atoms with Crippen molar-refractivity contribution in [3.05, 3.63) is 41.6 Å². The van der Waals surface area contributed by atoms with Gasteiger partial charge in [0.05, 0.1) is 0 Å². The van der Waals surface area contributed by atoms with E-state index in [1.54, 1.807) is 6.20 Å². The number of nitrogens with one attached hydrogen (secondary N) is 2. The summed E-state index contributed by atoms with van der Waals surface area (Å²) in [6, 6.07) is 8.16. The summed E-state index contributed by atoms with van der Waals surface area (Å²) in [6.07, 6.45) is 6.90. The number of aromatic nitrogens is 2. The highest BCUT2D eigenvalue weighted by molar-refractivity contribution is 5.78. The monoisotopic (exact) mass is 354 g/mol. The zero-order chi connectivity index (χ0) is 18.4. The molecular weight excluding hydrogens is 328 g/mol. The first-order valence-electron chi connectivity index (χ1n) is 9.09. The first kappa shape index (κ1) is 18.0. The number of hydrogen-bond acceptors (Lipinski definition) is 6. The van der Waals surface area contributed by atoms with E-state index in [1.165, 1.54) is 18.4 Å². The Bertz CT molecular complexity index is 740. The Balaban J connectivity index is 1.43. The highest BCUT2D eigenvalue weighted by Crippen LogP contribution is 2.24. The second-order valence-electron chi connectivity index (χ2n) is 6.71. The molecule has 0 atom stereocenters. The minimum absolute atomic E-state index is 0.177. The van der Waals surface area contributed by atoms with E-state index in [9.17, 15) is 4.79 Å². The number of amides is 1. The fraction of sp³-hybridized carbons (Fsp3) is 0.421. The van der Waals surface area contributed by atoms with Crippen molar-refractivity contribution in [2.24, 2.45) is 5.92 Å². The number of anilines is 3. The lowest BCUT2D eigenvalue weighted by atomic mass is 10.1. The van der Waals surface area contributed by atoms with Gasteiger partial charge in [-0.1, -0.05) is 25.0 Å². The molecule has 7 heteroatoms. The number of nitrogens with two attached hydrogens (primary N) is 2. The molecule has 1 aromatic carbocycles. The highest BCUT2D eigenvalue weighted by Gasteiger charge is 2.21. The van der Waals surface area contributed by atoms with Crippen LogP contribution in [0.5, 0.6) is 0 Å². The molecule has 1 saturated carbocycles. The van der Waals surface area contributed by atoms with Crippen LogP contribution in [-0.4, -0.2) is 22.4 Å². The Morgan fingerprint density at radius 3 is 2.58 bits per heavy atom. The van der Waals surface area contributed by atoms with Crippen LogP contribution >= 0.6 is 0 Å². The summed E-state index contributed by atoms with van der Waals surface area (Å²) in [4.78, 5) is 19.9. The summed E-state index contributed by atoms with van der Waals surface area (Å²) in [6.45, 7) is 1.21. The van der Waals surface area contributed by atoms with E-state index in [2.05, 4.69) is 32.7 Å². The van der Waals surface area contributed by atoms with Gasteiger partial charge in [0.1, 0.15) is 5.82 Å². The van der Waals surface area contributed by atoms with E-state index in [-0.39, 0.29) is 17.8 Å². The van der Waals surface area contributed by atoms with Gasteiger partial charge in [-0.2, -0.15) is 4.98 Å². The largest absolute Gasteiger partial charge is 0.383 e. The summed E-state index contributed by atoms with van der Waals surface area (Å²) in [5.41, 5.74) is 14.3. The molecular formula is C19H26N6O. The average molecular weight is 354 g/mol. The van der Waals surface area contributed by atoms with E-state index in [1.807, 2.05) is 12.1 Å². The van der Waals surface area contributed by atoms with Crippen molar-refractivity contribution < 1.29 is 4.79 Å². The van der Waals surface area contributed by atoms with Crippen LogP contribution in [0.4, 0.5) is 17.5 Å². The lowest BCUT2D eigenvalue weighted by Crippen LogP contribution is -2.30. The maximum absolute atomic E-state index is 12.0. The zero-order valence-corrected chi connectivity index (χ0v) is 14.9. The molecule has 0 radical (unpaired) electrons. The smallest absolute Gasteiger partial charge is 0.223 e. The van der Waals surface area contributed by atoms with Gasteiger partial charge >= 0.3 is 0 Å². The highest BCUT2D eigenvalue weighted by atomic mass is 16.1. The van der Waals surface area contributed by atoms with Crippen LogP contribution in [0.25, 0.3) is 0 Å². The molecule has 7 nitrogen and oxygen atoms in total. The van der Waals surface area contributed by atoms with Gasteiger partial charge in [-0.05, 0) is 37.0 Å². The van der Waals surface area contributed by atoms with E-state index < -0.39 is 0 Å². The predicted molar refractivity (Wildman–Crippen MR) is 103 cm³/mol. The Labute approximate surface area is 153 Å². The summed E-state index contributed by atoms with van der Waals surface area (Å²) in [5.74, 6) is 1.01. The number of nitrogen functional groups attached to an aromatic ring is 2. The van der Waals surface area contributed by atoms with Crippen LogP contribution in [0, 0.1) is 5.92 Å². The Kier molecular flexibility index (Phi) is 5.88. The fourth-order valence-corrected chi connectivity index (χ4v) is 3.22. The van der Waals surface area contributed by atoms with Crippen LogP contribution in [0.1, 0.15) is 36.8 Å². The third-order valence-corrected chi connectivity index (χ3v) is 4.79. The van der Waals surface area contributed by atoms with Crippen molar-refractivity contribution in [2.45, 2.75) is 38.6 Å². The molecule has 1 aliphatic carbocycles. The molecule has 1 aromatic heterocycles. The molecule has 0 bridgehead atoms. The van der Waals surface area contributed by atoms with Gasteiger partial charge in [-0.3, -0.25) is 4.79 Å². The van der Waals surface area contributed by atoms with E-state index in [0.717, 1.165) is 30.5 Å². The minimum atomic E-state index is 0.177. The average Bonchev–Trinajstić information content (AvgIpc) is 3.17. The molecule has 0 aliphatic heterocycles. The molecule has 1 heterocycles. The summed E-state index contributed by atoms with van der Waals surface area (Å²) >= 11 is 0. The van der Waals surface area contributed by atoms with Gasteiger partial charge in [0, 0.05) is 36.5 Å². The number of nitrogens with zero attached hydrogens (tertiary/aromatic N) is 2. The number of hydrogen-bond donors (Lipinski definition) is 4. The number of carbonyl (C=O) groups is 1. The Morgan fingerprint density at radius 2 is 1.88 bits per heavy atom. The number of benzene rings is 1. The van der Waals surface area contributed by atoms with Gasteiger partial charge in [0.15, 0.2) is 0 Å². The Morgan fingerprint density at radius 1 is 1.15 bits per heavy atom. The maximum atomic E-state index is 12.0. The van der Waals surface area contributed by atoms with Crippen LogP contribution in [0.15, 0.2) is 30.5 Å². The van der Waals surface area contributed by atoms with Crippen molar-refractivity contribution in [2.75, 3.05) is 23.3 Å². The fourth-order valence-electron chi connectivity index (χ4n) is 3.22. The molecule has 6 N–H and O–H groups in total. The quantitative estimate of drug-likeness (QED) is 0.604. The maximum Gasteiger partial charge on any atom is 0.223 e. The summed E-state index contributed by atoms with van der Waals surface area (Å²) in [5, 5.41) is 6.34. The topological polar surface area (TPSA) is 119 Å². The molecule has 0 unspecified atom stereocenters. The van der Waals surface area contributed by atoms with Gasteiger partial charge in [-0.15, -0.1) is 0 Å².